The predicted molar refractivity (Wildman–Crippen MR) is 76.4 cm³/mol. The van der Waals surface area contributed by atoms with Crippen LogP contribution in [0, 0.1) is 0 Å². The molecular formula is C13H13N5S. The summed E-state index contributed by atoms with van der Waals surface area (Å²) < 4.78 is 0. The average molecular weight is 271 g/mol. The van der Waals surface area contributed by atoms with Gasteiger partial charge in [0.25, 0.3) is 0 Å². The Morgan fingerprint density at radius 2 is 2.05 bits per heavy atom. The fourth-order valence-corrected chi connectivity index (χ4v) is 3.30. The fraction of sp³-hybridized carbons (Fsp3) is 0.308. The van der Waals surface area contributed by atoms with Crippen molar-refractivity contribution < 1.29 is 0 Å². The molecular weight excluding hydrogens is 258 g/mol. The van der Waals surface area contributed by atoms with Gasteiger partial charge >= 0.3 is 0 Å². The molecule has 4 heterocycles. The lowest BCUT2D eigenvalue weighted by atomic mass is 10.3. The van der Waals surface area contributed by atoms with E-state index in [1.807, 2.05) is 6.20 Å². The molecule has 0 atom stereocenters. The zero-order valence-electron chi connectivity index (χ0n) is 10.3. The number of hydrogen-bond donors (Lipinski definition) is 1. The number of rotatable bonds is 2. The number of anilines is 1. The van der Waals surface area contributed by atoms with Crippen molar-refractivity contribution in [2.45, 2.75) is 12.8 Å². The Morgan fingerprint density at radius 3 is 2.79 bits per heavy atom. The van der Waals surface area contributed by atoms with E-state index in [1.54, 1.807) is 17.5 Å². The van der Waals surface area contributed by atoms with E-state index in [4.69, 9.17) is 0 Å². The molecule has 3 aromatic heterocycles. The molecule has 0 radical (unpaired) electrons. The third-order valence-corrected chi connectivity index (χ3v) is 4.46. The van der Waals surface area contributed by atoms with Crippen LogP contribution >= 0.6 is 11.3 Å². The summed E-state index contributed by atoms with van der Waals surface area (Å²) in [5, 5.41) is 7.90. The van der Waals surface area contributed by atoms with Crippen molar-refractivity contribution in [1.82, 2.24) is 20.2 Å². The lowest BCUT2D eigenvalue weighted by molar-refractivity contribution is 0.938. The molecule has 0 bridgehead atoms. The first-order chi connectivity index (χ1) is 9.40. The molecule has 1 saturated heterocycles. The first-order valence-electron chi connectivity index (χ1n) is 6.41. The van der Waals surface area contributed by atoms with E-state index in [1.165, 1.54) is 12.8 Å². The Kier molecular flexibility index (Phi) is 2.48. The second-order valence-electron chi connectivity index (χ2n) is 4.70. The van der Waals surface area contributed by atoms with Crippen LogP contribution in [-0.2, 0) is 0 Å². The summed E-state index contributed by atoms with van der Waals surface area (Å²) in [6.07, 6.45) is 6.21. The molecule has 0 aliphatic carbocycles. The minimum atomic E-state index is 0.920. The quantitative estimate of drug-likeness (QED) is 0.778. The molecule has 96 valence electrons. The van der Waals surface area contributed by atoms with Gasteiger partial charge in [-0.05, 0) is 25.0 Å². The maximum Gasteiger partial charge on any atom is 0.139 e. The van der Waals surface area contributed by atoms with E-state index >= 15 is 0 Å². The molecule has 1 N–H and O–H groups in total. The van der Waals surface area contributed by atoms with Gasteiger partial charge in [0.15, 0.2) is 0 Å². The molecule has 4 rings (SSSR count). The van der Waals surface area contributed by atoms with Crippen LogP contribution in [0.25, 0.3) is 20.9 Å². The van der Waals surface area contributed by atoms with Crippen LogP contribution in [0.2, 0.25) is 0 Å². The molecule has 5 nitrogen and oxygen atoms in total. The van der Waals surface area contributed by atoms with Crippen molar-refractivity contribution in [2.75, 3.05) is 18.0 Å². The number of fused-ring (bicyclic) bond motifs is 1. The van der Waals surface area contributed by atoms with Crippen LogP contribution < -0.4 is 4.90 Å². The minimum absolute atomic E-state index is 0.920. The number of pyridine rings is 1. The van der Waals surface area contributed by atoms with Crippen molar-refractivity contribution in [3.05, 3.63) is 24.5 Å². The second-order valence-corrected chi connectivity index (χ2v) is 5.70. The number of H-pyrrole nitrogens is 1. The van der Waals surface area contributed by atoms with E-state index in [0.717, 1.165) is 39.8 Å². The summed E-state index contributed by atoms with van der Waals surface area (Å²) in [7, 11) is 0. The Morgan fingerprint density at radius 1 is 1.16 bits per heavy atom. The van der Waals surface area contributed by atoms with Crippen LogP contribution in [0.1, 0.15) is 12.8 Å². The lowest BCUT2D eigenvalue weighted by Crippen LogP contribution is -2.18. The number of aromatic amines is 1. The number of aromatic nitrogens is 4. The van der Waals surface area contributed by atoms with E-state index < -0.39 is 0 Å². The van der Waals surface area contributed by atoms with Gasteiger partial charge < -0.3 is 4.90 Å². The summed E-state index contributed by atoms with van der Waals surface area (Å²) in [6.45, 7) is 2.25. The Hall–Kier alpha value is -1.95. The smallest absolute Gasteiger partial charge is 0.139 e. The van der Waals surface area contributed by atoms with Crippen molar-refractivity contribution in [3.63, 3.8) is 0 Å². The molecule has 0 aromatic carbocycles. The standard InChI is InChI=1S/C13H13N5S/c1-2-6-18(5-1)11-4-3-9(7-14-11)12-16-10-8-15-17-13(10)19-12/h3-4,7-8H,1-2,5-6H2,(H,15,17). The molecule has 1 fully saturated rings. The highest BCUT2D eigenvalue weighted by molar-refractivity contribution is 7.21. The SMILES string of the molecule is c1cc(N2CCCC2)ncc1-c1nc2cn[nH]c2s1. The summed E-state index contributed by atoms with van der Waals surface area (Å²) in [5.41, 5.74) is 1.99. The average Bonchev–Trinajstić information content (AvgIpc) is 3.15. The van der Waals surface area contributed by atoms with Crippen molar-refractivity contribution in [2.24, 2.45) is 0 Å². The maximum absolute atomic E-state index is 4.56. The van der Waals surface area contributed by atoms with Gasteiger partial charge in [-0.2, -0.15) is 5.10 Å². The van der Waals surface area contributed by atoms with Crippen LogP contribution in [0.5, 0.6) is 0 Å². The van der Waals surface area contributed by atoms with Gasteiger partial charge in [0, 0.05) is 24.8 Å². The largest absolute Gasteiger partial charge is 0.357 e. The highest BCUT2D eigenvalue weighted by Crippen LogP contribution is 2.29. The van der Waals surface area contributed by atoms with Crippen molar-refractivity contribution in [1.29, 1.82) is 0 Å². The highest BCUT2D eigenvalue weighted by atomic mass is 32.1. The Bertz CT molecular complexity index is 665. The first-order valence-corrected chi connectivity index (χ1v) is 7.23. The van der Waals surface area contributed by atoms with Crippen LogP contribution in [0.3, 0.4) is 0 Å². The van der Waals surface area contributed by atoms with E-state index in [9.17, 15) is 0 Å². The van der Waals surface area contributed by atoms with Gasteiger partial charge in [-0.15, -0.1) is 0 Å². The van der Waals surface area contributed by atoms with E-state index in [0.29, 0.717) is 0 Å². The molecule has 1 aliphatic heterocycles. The third-order valence-electron chi connectivity index (χ3n) is 3.43. The van der Waals surface area contributed by atoms with E-state index in [-0.39, 0.29) is 0 Å². The van der Waals surface area contributed by atoms with Gasteiger partial charge in [0.2, 0.25) is 0 Å². The van der Waals surface area contributed by atoms with Crippen LogP contribution in [0.4, 0.5) is 5.82 Å². The van der Waals surface area contributed by atoms with Gasteiger partial charge in [0.05, 0.1) is 6.20 Å². The molecule has 0 saturated carbocycles. The Labute approximate surface area is 114 Å². The monoisotopic (exact) mass is 271 g/mol. The zero-order chi connectivity index (χ0) is 12.7. The topological polar surface area (TPSA) is 57.7 Å². The maximum atomic E-state index is 4.56. The van der Waals surface area contributed by atoms with E-state index in [2.05, 4.69) is 37.2 Å². The van der Waals surface area contributed by atoms with Crippen LogP contribution in [0.15, 0.2) is 24.5 Å². The first kappa shape index (κ1) is 10.9. The summed E-state index contributed by atoms with van der Waals surface area (Å²) in [4.78, 5) is 12.4. The molecule has 3 aromatic rings. The van der Waals surface area contributed by atoms with Gasteiger partial charge in [-0.3, -0.25) is 5.10 Å². The molecule has 6 heteroatoms. The number of nitrogens with one attached hydrogen (secondary N) is 1. The summed E-state index contributed by atoms with van der Waals surface area (Å²) >= 11 is 1.61. The predicted octanol–water partition coefficient (Wildman–Crippen LogP) is 2.68. The van der Waals surface area contributed by atoms with Gasteiger partial charge in [0.1, 0.15) is 21.2 Å². The molecule has 0 unspecified atom stereocenters. The Balaban J connectivity index is 1.66. The fourth-order valence-electron chi connectivity index (χ4n) is 2.42. The van der Waals surface area contributed by atoms with Crippen molar-refractivity contribution in [3.8, 4) is 10.6 Å². The molecule has 19 heavy (non-hydrogen) atoms. The van der Waals surface area contributed by atoms with Gasteiger partial charge in [-0.1, -0.05) is 11.3 Å². The molecule has 0 amide bonds. The van der Waals surface area contributed by atoms with Gasteiger partial charge in [-0.25, -0.2) is 9.97 Å². The molecule has 1 aliphatic rings. The third kappa shape index (κ3) is 1.88. The summed E-state index contributed by atoms with van der Waals surface area (Å²) in [5.74, 6) is 1.07. The van der Waals surface area contributed by atoms with Crippen molar-refractivity contribution >= 4 is 27.5 Å². The lowest BCUT2D eigenvalue weighted by Gasteiger charge is -2.15. The summed E-state index contributed by atoms with van der Waals surface area (Å²) in [6, 6.07) is 4.19. The second kappa shape index (κ2) is 4.31. The minimum Gasteiger partial charge on any atom is -0.357 e. The normalized spacial score (nSPS) is 15.5. The van der Waals surface area contributed by atoms with Crippen LogP contribution in [-0.4, -0.2) is 33.3 Å². The number of nitrogens with zero attached hydrogens (tertiary/aromatic N) is 4. The number of hydrogen-bond acceptors (Lipinski definition) is 5. The number of thiazole rings is 1. The zero-order valence-corrected chi connectivity index (χ0v) is 11.2. The molecule has 0 spiro atoms. The highest BCUT2D eigenvalue weighted by Gasteiger charge is 2.14.